The number of Topliss-reactive ketones (excluding diaryl/α,β-unsaturated/α-hetero) is 1. The molecule has 1 aliphatic rings. The first kappa shape index (κ1) is 24.1. The monoisotopic (exact) mass is 393 g/mol. The predicted octanol–water partition coefficient (Wildman–Crippen LogP) is 3.39. The van der Waals surface area contributed by atoms with Gasteiger partial charge in [0.2, 0.25) is 6.41 Å². The molecule has 1 rings (SSSR count). The summed E-state index contributed by atoms with van der Waals surface area (Å²) in [5, 5.41) is 21.4. The van der Waals surface area contributed by atoms with Gasteiger partial charge in [-0.05, 0) is 39.0 Å². The number of hydrogen-bond acceptors (Lipinski definition) is 4. The summed E-state index contributed by atoms with van der Waals surface area (Å²) >= 11 is 0. The van der Waals surface area contributed by atoms with Crippen LogP contribution in [-0.4, -0.2) is 40.0 Å². The lowest BCUT2D eigenvalue weighted by Gasteiger charge is -2.19. The van der Waals surface area contributed by atoms with Crippen LogP contribution in [0.3, 0.4) is 0 Å². The summed E-state index contributed by atoms with van der Waals surface area (Å²) in [5.74, 6) is -1.29. The lowest BCUT2D eigenvalue weighted by molar-refractivity contribution is -0.157. The zero-order valence-electron chi connectivity index (χ0n) is 17.1. The van der Waals surface area contributed by atoms with E-state index in [1.54, 1.807) is 0 Å². The standard InChI is InChI=1S/C22H35NO5/c1-3-4-5-6-7-9-12-17-18(20(25)15-19(17)23-16-24)13-10-8-11-14-22(2,28)21(26)27/h8-10,12,16-19,28H,3-7,11,13-15H2,1-2H3,(H,23,24)(H,26,27)/b10-8-,12-9+/t17-,18-,19-,22?/m1/s1. The zero-order chi connectivity index (χ0) is 21.0. The molecule has 1 aliphatic carbocycles. The van der Waals surface area contributed by atoms with Crippen molar-refractivity contribution in [3.8, 4) is 0 Å². The van der Waals surface area contributed by atoms with Gasteiger partial charge in [0.1, 0.15) is 5.78 Å². The lowest BCUT2D eigenvalue weighted by Crippen LogP contribution is -2.34. The summed E-state index contributed by atoms with van der Waals surface area (Å²) in [5.41, 5.74) is -1.74. The normalized spacial score (nSPS) is 24.7. The molecule has 1 amide bonds. The Labute approximate surface area is 168 Å². The topological polar surface area (TPSA) is 104 Å². The van der Waals surface area contributed by atoms with Gasteiger partial charge in [0.25, 0.3) is 0 Å². The third kappa shape index (κ3) is 7.97. The number of unbranched alkanes of at least 4 members (excludes halogenated alkanes) is 4. The third-order valence-corrected chi connectivity index (χ3v) is 5.44. The van der Waals surface area contributed by atoms with Gasteiger partial charge in [0.05, 0.1) is 0 Å². The third-order valence-electron chi connectivity index (χ3n) is 5.44. The SMILES string of the molecule is CCCCCC/C=C/[C@H]1[C@H](NC=O)CC(=O)[C@@H]1C/C=C\CCC(C)(O)C(=O)O. The number of aliphatic carboxylic acids is 1. The van der Waals surface area contributed by atoms with Crippen molar-refractivity contribution in [2.45, 2.75) is 83.3 Å². The Bertz CT molecular complexity index is 567. The van der Waals surface area contributed by atoms with E-state index in [1.807, 2.05) is 12.2 Å². The maximum absolute atomic E-state index is 12.4. The zero-order valence-corrected chi connectivity index (χ0v) is 17.1. The summed E-state index contributed by atoms with van der Waals surface area (Å²) in [6, 6.07) is -0.164. The maximum Gasteiger partial charge on any atom is 0.335 e. The molecular weight excluding hydrogens is 358 g/mol. The number of hydrogen-bond donors (Lipinski definition) is 3. The number of carboxylic acids is 1. The summed E-state index contributed by atoms with van der Waals surface area (Å²) in [4.78, 5) is 34.2. The average molecular weight is 394 g/mol. The second-order valence-corrected chi connectivity index (χ2v) is 7.85. The molecule has 28 heavy (non-hydrogen) atoms. The molecule has 0 aromatic heterocycles. The first-order chi connectivity index (χ1) is 13.3. The fourth-order valence-electron chi connectivity index (χ4n) is 3.59. The summed E-state index contributed by atoms with van der Waals surface area (Å²) in [7, 11) is 0. The molecular formula is C22H35NO5. The minimum absolute atomic E-state index is 0.0179. The van der Waals surface area contributed by atoms with Crippen molar-refractivity contribution < 1.29 is 24.6 Å². The van der Waals surface area contributed by atoms with Crippen molar-refractivity contribution >= 4 is 18.2 Å². The van der Waals surface area contributed by atoms with Crippen LogP contribution in [0.2, 0.25) is 0 Å². The van der Waals surface area contributed by atoms with Crippen molar-refractivity contribution in [2.24, 2.45) is 11.8 Å². The second kappa shape index (κ2) is 12.5. The molecule has 6 nitrogen and oxygen atoms in total. The Hall–Kier alpha value is -1.95. The Morgan fingerprint density at radius 2 is 1.96 bits per heavy atom. The molecule has 6 heteroatoms. The molecule has 0 radical (unpaired) electrons. The minimum Gasteiger partial charge on any atom is -0.479 e. The molecule has 1 fully saturated rings. The van der Waals surface area contributed by atoms with E-state index < -0.39 is 11.6 Å². The first-order valence-electron chi connectivity index (χ1n) is 10.3. The van der Waals surface area contributed by atoms with Gasteiger partial charge >= 0.3 is 5.97 Å². The molecule has 158 valence electrons. The van der Waals surface area contributed by atoms with Crippen LogP contribution >= 0.6 is 0 Å². The number of rotatable bonds is 14. The summed E-state index contributed by atoms with van der Waals surface area (Å²) < 4.78 is 0. The highest BCUT2D eigenvalue weighted by atomic mass is 16.4. The number of carbonyl (C=O) groups is 3. The molecule has 3 N–H and O–H groups in total. The smallest absolute Gasteiger partial charge is 0.335 e. The number of allylic oxidation sites excluding steroid dienone is 3. The van der Waals surface area contributed by atoms with Gasteiger partial charge in [-0.25, -0.2) is 4.79 Å². The van der Waals surface area contributed by atoms with Crippen LogP contribution in [0.5, 0.6) is 0 Å². The molecule has 4 atom stereocenters. The van der Waals surface area contributed by atoms with E-state index in [2.05, 4.69) is 24.4 Å². The predicted molar refractivity (Wildman–Crippen MR) is 109 cm³/mol. The molecule has 0 spiro atoms. The van der Waals surface area contributed by atoms with E-state index in [1.165, 1.54) is 26.2 Å². The molecule has 0 heterocycles. The molecule has 0 aromatic rings. The lowest BCUT2D eigenvalue weighted by atomic mass is 9.89. The van der Waals surface area contributed by atoms with Crippen LogP contribution in [0, 0.1) is 11.8 Å². The molecule has 0 bridgehead atoms. The average Bonchev–Trinajstić information content (AvgIpc) is 2.92. The number of carboxylic acid groups (broad SMARTS) is 1. The molecule has 0 aliphatic heterocycles. The van der Waals surface area contributed by atoms with Crippen molar-refractivity contribution in [3.05, 3.63) is 24.3 Å². The highest BCUT2D eigenvalue weighted by Gasteiger charge is 2.39. The van der Waals surface area contributed by atoms with Gasteiger partial charge in [-0.2, -0.15) is 0 Å². The van der Waals surface area contributed by atoms with E-state index in [4.69, 9.17) is 5.11 Å². The molecule has 1 saturated carbocycles. The van der Waals surface area contributed by atoms with Crippen LogP contribution < -0.4 is 5.32 Å². The summed E-state index contributed by atoms with van der Waals surface area (Å²) in [6.07, 6.45) is 15.7. The van der Waals surface area contributed by atoms with Gasteiger partial charge in [-0.1, -0.05) is 50.5 Å². The van der Waals surface area contributed by atoms with E-state index in [0.717, 1.165) is 12.8 Å². The minimum atomic E-state index is -1.74. The van der Waals surface area contributed by atoms with Gasteiger partial charge < -0.3 is 15.5 Å². The van der Waals surface area contributed by atoms with Crippen LogP contribution in [0.15, 0.2) is 24.3 Å². The molecule has 0 saturated heterocycles. The Morgan fingerprint density at radius 1 is 1.21 bits per heavy atom. The highest BCUT2D eigenvalue weighted by molar-refractivity contribution is 5.85. The fourth-order valence-corrected chi connectivity index (χ4v) is 3.59. The van der Waals surface area contributed by atoms with E-state index in [-0.39, 0.29) is 30.1 Å². The number of amides is 1. The quantitative estimate of drug-likeness (QED) is 0.238. The van der Waals surface area contributed by atoms with Crippen LogP contribution in [0.1, 0.15) is 71.6 Å². The van der Waals surface area contributed by atoms with Gasteiger partial charge in [-0.3, -0.25) is 9.59 Å². The van der Waals surface area contributed by atoms with Crippen molar-refractivity contribution in [2.75, 3.05) is 0 Å². The Morgan fingerprint density at radius 3 is 2.61 bits per heavy atom. The molecule has 0 aromatic carbocycles. The van der Waals surface area contributed by atoms with E-state index >= 15 is 0 Å². The van der Waals surface area contributed by atoms with Crippen LogP contribution in [0.4, 0.5) is 0 Å². The fraction of sp³-hybridized carbons (Fsp3) is 0.682. The summed E-state index contributed by atoms with van der Waals surface area (Å²) in [6.45, 7) is 3.46. The van der Waals surface area contributed by atoms with Gasteiger partial charge in [0, 0.05) is 24.3 Å². The van der Waals surface area contributed by atoms with Crippen molar-refractivity contribution in [1.82, 2.24) is 5.32 Å². The highest BCUT2D eigenvalue weighted by Crippen LogP contribution is 2.33. The number of ketones is 1. The van der Waals surface area contributed by atoms with E-state index in [0.29, 0.717) is 25.7 Å². The first-order valence-corrected chi connectivity index (χ1v) is 10.3. The van der Waals surface area contributed by atoms with Crippen molar-refractivity contribution in [1.29, 1.82) is 0 Å². The second-order valence-electron chi connectivity index (χ2n) is 7.85. The van der Waals surface area contributed by atoms with Crippen LogP contribution in [0.25, 0.3) is 0 Å². The van der Waals surface area contributed by atoms with Crippen LogP contribution in [-0.2, 0) is 14.4 Å². The maximum atomic E-state index is 12.4. The Kier molecular flexibility index (Phi) is 10.8. The largest absolute Gasteiger partial charge is 0.479 e. The Balaban J connectivity index is 2.60. The van der Waals surface area contributed by atoms with E-state index in [9.17, 15) is 19.5 Å². The molecule has 1 unspecified atom stereocenters. The van der Waals surface area contributed by atoms with Crippen molar-refractivity contribution in [3.63, 3.8) is 0 Å². The number of carbonyl (C=O) groups excluding carboxylic acids is 2. The van der Waals surface area contributed by atoms with Gasteiger partial charge in [-0.15, -0.1) is 0 Å². The number of nitrogens with one attached hydrogen (secondary N) is 1. The number of aliphatic hydroxyl groups is 1. The van der Waals surface area contributed by atoms with Gasteiger partial charge in [0.15, 0.2) is 5.60 Å².